The van der Waals surface area contributed by atoms with Gasteiger partial charge in [-0.15, -0.1) is 11.3 Å². The van der Waals surface area contributed by atoms with Gasteiger partial charge in [-0.1, -0.05) is 6.92 Å². The van der Waals surface area contributed by atoms with Gasteiger partial charge in [-0.2, -0.15) is 4.31 Å². The molecule has 2 saturated heterocycles. The number of piperazine rings is 1. The van der Waals surface area contributed by atoms with E-state index in [2.05, 4.69) is 22.2 Å². The first-order valence-corrected chi connectivity index (χ1v) is 13.4. The highest BCUT2D eigenvalue weighted by molar-refractivity contribution is 7.89. The van der Waals surface area contributed by atoms with Crippen LogP contribution in [0.1, 0.15) is 28.0 Å². The Morgan fingerprint density at radius 1 is 1.15 bits per heavy atom. The molecule has 1 aromatic carbocycles. The van der Waals surface area contributed by atoms with Gasteiger partial charge in [0.1, 0.15) is 5.75 Å². The SMILES string of the molecule is CCc1nc(CN2CCN(C(=O)c3cc(S(=O)(=O)N4CCOCC4)ccc3OC)CC2)cs1. The maximum atomic E-state index is 13.3. The number of hydrogen-bond acceptors (Lipinski definition) is 8. The Bertz CT molecular complexity index is 1070. The lowest BCUT2D eigenvalue weighted by molar-refractivity contribution is 0.0623. The molecule has 0 spiro atoms. The summed E-state index contributed by atoms with van der Waals surface area (Å²) in [6, 6.07) is 4.50. The lowest BCUT2D eigenvalue weighted by Crippen LogP contribution is -2.48. The van der Waals surface area contributed by atoms with E-state index >= 15 is 0 Å². The van der Waals surface area contributed by atoms with Crippen molar-refractivity contribution in [3.05, 3.63) is 39.8 Å². The van der Waals surface area contributed by atoms with E-state index in [1.165, 1.54) is 23.5 Å². The zero-order valence-electron chi connectivity index (χ0n) is 19.0. The van der Waals surface area contributed by atoms with Crippen molar-refractivity contribution in [1.82, 2.24) is 19.1 Å². The Labute approximate surface area is 199 Å². The largest absolute Gasteiger partial charge is 0.496 e. The topological polar surface area (TPSA) is 92.3 Å². The van der Waals surface area contributed by atoms with E-state index in [1.54, 1.807) is 22.3 Å². The third-order valence-corrected chi connectivity index (χ3v) is 8.89. The van der Waals surface area contributed by atoms with Crippen molar-refractivity contribution in [3.63, 3.8) is 0 Å². The molecule has 4 rings (SSSR count). The minimum absolute atomic E-state index is 0.0995. The fourth-order valence-electron chi connectivity index (χ4n) is 4.04. The Morgan fingerprint density at radius 3 is 2.52 bits per heavy atom. The Balaban J connectivity index is 1.45. The third-order valence-electron chi connectivity index (χ3n) is 5.96. The number of aromatic nitrogens is 1. The summed E-state index contributed by atoms with van der Waals surface area (Å²) < 4.78 is 38.2. The van der Waals surface area contributed by atoms with Gasteiger partial charge in [-0.05, 0) is 24.6 Å². The van der Waals surface area contributed by atoms with E-state index < -0.39 is 10.0 Å². The van der Waals surface area contributed by atoms with Crippen molar-refractivity contribution in [1.29, 1.82) is 0 Å². The van der Waals surface area contributed by atoms with Crippen molar-refractivity contribution in [2.75, 3.05) is 59.6 Å². The lowest BCUT2D eigenvalue weighted by atomic mass is 10.1. The number of ether oxygens (including phenoxy) is 2. The van der Waals surface area contributed by atoms with Gasteiger partial charge in [0.15, 0.2) is 0 Å². The monoisotopic (exact) mass is 494 g/mol. The van der Waals surface area contributed by atoms with E-state index in [0.717, 1.165) is 36.8 Å². The molecule has 3 heterocycles. The molecule has 9 nitrogen and oxygen atoms in total. The van der Waals surface area contributed by atoms with Crippen LogP contribution in [0.25, 0.3) is 0 Å². The molecule has 0 aliphatic carbocycles. The second kappa shape index (κ2) is 10.5. The second-order valence-corrected chi connectivity index (χ2v) is 10.9. The molecule has 0 N–H and O–H groups in total. The molecule has 0 radical (unpaired) electrons. The van der Waals surface area contributed by atoms with Crippen LogP contribution in [0.2, 0.25) is 0 Å². The molecule has 0 saturated carbocycles. The average Bonchev–Trinajstić information content (AvgIpc) is 3.31. The van der Waals surface area contributed by atoms with Crippen LogP contribution in [-0.2, 0) is 27.7 Å². The van der Waals surface area contributed by atoms with Crippen molar-refractivity contribution in [2.45, 2.75) is 24.8 Å². The summed E-state index contributed by atoms with van der Waals surface area (Å²) in [4.78, 5) is 22.1. The summed E-state index contributed by atoms with van der Waals surface area (Å²) in [7, 11) is -2.22. The van der Waals surface area contributed by atoms with Gasteiger partial charge < -0.3 is 14.4 Å². The Kier molecular flexibility index (Phi) is 7.65. The van der Waals surface area contributed by atoms with Gasteiger partial charge in [0.2, 0.25) is 10.0 Å². The first-order chi connectivity index (χ1) is 15.9. The zero-order chi connectivity index (χ0) is 23.4. The standard InChI is InChI=1S/C22H30N4O5S2/c1-3-21-23-17(16-32-21)15-24-6-8-25(9-7-24)22(27)19-14-18(4-5-20(19)30-2)33(28,29)26-10-12-31-13-11-26/h4-5,14,16H,3,6-13,15H2,1-2H3. The third kappa shape index (κ3) is 5.38. The number of morpholine rings is 1. The van der Waals surface area contributed by atoms with E-state index in [9.17, 15) is 13.2 Å². The van der Waals surface area contributed by atoms with E-state index in [-0.39, 0.29) is 16.4 Å². The highest BCUT2D eigenvalue weighted by Crippen LogP contribution is 2.27. The number of carbonyl (C=O) groups is 1. The number of sulfonamides is 1. The van der Waals surface area contributed by atoms with E-state index in [0.29, 0.717) is 45.1 Å². The summed E-state index contributed by atoms with van der Waals surface area (Å²) in [6.07, 6.45) is 0.940. The van der Waals surface area contributed by atoms with Crippen LogP contribution in [0.3, 0.4) is 0 Å². The highest BCUT2D eigenvalue weighted by atomic mass is 32.2. The molecule has 2 fully saturated rings. The maximum absolute atomic E-state index is 13.3. The number of carbonyl (C=O) groups excluding carboxylic acids is 1. The van der Waals surface area contributed by atoms with Gasteiger partial charge in [-0.3, -0.25) is 9.69 Å². The molecule has 2 aromatic rings. The molecule has 1 amide bonds. The quantitative estimate of drug-likeness (QED) is 0.578. The van der Waals surface area contributed by atoms with Crippen LogP contribution >= 0.6 is 11.3 Å². The number of hydrogen-bond donors (Lipinski definition) is 0. The number of methoxy groups -OCH3 is 1. The number of amides is 1. The summed E-state index contributed by atoms with van der Waals surface area (Å²) in [6.45, 7) is 6.81. The molecule has 0 unspecified atom stereocenters. The smallest absolute Gasteiger partial charge is 0.257 e. The first-order valence-electron chi connectivity index (χ1n) is 11.1. The van der Waals surface area contributed by atoms with Gasteiger partial charge in [0.05, 0.1) is 41.5 Å². The molecule has 2 aliphatic rings. The van der Waals surface area contributed by atoms with Gasteiger partial charge in [-0.25, -0.2) is 13.4 Å². The molecular weight excluding hydrogens is 464 g/mol. The van der Waals surface area contributed by atoms with Crippen LogP contribution in [0, 0.1) is 0 Å². The predicted molar refractivity (Wildman–Crippen MR) is 125 cm³/mol. The first kappa shape index (κ1) is 24.1. The fraction of sp³-hybridized carbons (Fsp3) is 0.545. The Morgan fingerprint density at radius 2 is 1.88 bits per heavy atom. The van der Waals surface area contributed by atoms with Gasteiger partial charge >= 0.3 is 0 Å². The van der Waals surface area contributed by atoms with Crippen molar-refractivity contribution in [3.8, 4) is 5.75 Å². The minimum atomic E-state index is -3.70. The maximum Gasteiger partial charge on any atom is 0.257 e. The van der Waals surface area contributed by atoms with Crippen LogP contribution < -0.4 is 4.74 Å². The molecule has 33 heavy (non-hydrogen) atoms. The van der Waals surface area contributed by atoms with E-state index in [4.69, 9.17) is 9.47 Å². The van der Waals surface area contributed by atoms with Crippen molar-refractivity contribution >= 4 is 27.3 Å². The molecular formula is C22H30N4O5S2. The molecule has 180 valence electrons. The van der Waals surface area contributed by atoms with Crippen molar-refractivity contribution < 1.29 is 22.7 Å². The number of benzene rings is 1. The lowest BCUT2D eigenvalue weighted by Gasteiger charge is -2.34. The summed E-state index contributed by atoms with van der Waals surface area (Å²) in [5.41, 5.74) is 1.34. The molecule has 0 atom stereocenters. The van der Waals surface area contributed by atoms with Crippen LogP contribution in [0.4, 0.5) is 0 Å². The van der Waals surface area contributed by atoms with Crippen molar-refractivity contribution in [2.24, 2.45) is 0 Å². The average molecular weight is 495 g/mol. The number of nitrogens with zero attached hydrogens (tertiary/aromatic N) is 4. The molecule has 0 bridgehead atoms. The summed E-state index contributed by atoms with van der Waals surface area (Å²) >= 11 is 1.68. The normalized spacial score (nSPS) is 18.4. The predicted octanol–water partition coefficient (Wildman–Crippen LogP) is 1.69. The fourth-order valence-corrected chi connectivity index (χ4v) is 6.21. The Hall–Kier alpha value is -2.05. The highest BCUT2D eigenvalue weighted by Gasteiger charge is 2.30. The number of aryl methyl sites for hydroxylation is 1. The van der Waals surface area contributed by atoms with Gasteiger partial charge in [0.25, 0.3) is 5.91 Å². The minimum Gasteiger partial charge on any atom is -0.496 e. The summed E-state index contributed by atoms with van der Waals surface area (Å²) in [5, 5.41) is 3.24. The van der Waals surface area contributed by atoms with E-state index in [1.807, 2.05) is 0 Å². The zero-order valence-corrected chi connectivity index (χ0v) is 20.7. The van der Waals surface area contributed by atoms with Crippen LogP contribution in [-0.4, -0.2) is 93.0 Å². The second-order valence-electron chi connectivity index (χ2n) is 8.03. The number of thiazole rings is 1. The molecule has 1 aromatic heterocycles. The number of rotatable bonds is 7. The molecule has 11 heteroatoms. The van der Waals surface area contributed by atoms with Gasteiger partial charge in [0, 0.05) is 51.2 Å². The van der Waals surface area contributed by atoms with Crippen LogP contribution in [0.5, 0.6) is 5.75 Å². The van der Waals surface area contributed by atoms with Crippen LogP contribution in [0.15, 0.2) is 28.5 Å². The molecule has 2 aliphatic heterocycles. The summed E-state index contributed by atoms with van der Waals surface area (Å²) in [5.74, 6) is 0.158.